The van der Waals surface area contributed by atoms with Crippen LogP contribution in [-0.2, 0) is 13.5 Å². The monoisotopic (exact) mass is 207 g/mol. The SMILES string of the molecule is CNCC1(CCc2nccn2C)CCC1. The van der Waals surface area contributed by atoms with Gasteiger partial charge in [0.1, 0.15) is 5.82 Å². The van der Waals surface area contributed by atoms with E-state index in [0.717, 1.165) is 13.0 Å². The second-order valence-electron chi connectivity index (χ2n) is 4.84. The zero-order valence-corrected chi connectivity index (χ0v) is 9.79. The Morgan fingerprint density at radius 2 is 2.33 bits per heavy atom. The first-order valence-electron chi connectivity index (χ1n) is 5.87. The zero-order chi connectivity index (χ0) is 10.7. The lowest BCUT2D eigenvalue weighted by molar-refractivity contribution is 0.119. The number of imidazole rings is 1. The molecule has 1 N–H and O–H groups in total. The van der Waals surface area contributed by atoms with Gasteiger partial charge in [-0.2, -0.15) is 0 Å². The van der Waals surface area contributed by atoms with Gasteiger partial charge >= 0.3 is 0 Å². The molecule has 0 spiro atoms. The van der Waals surface area contributed by atoms with Crippen LogP contribution in [0.15, 0.2) is 12.4 Å². The normalized spacial score (nSPS) is 18.8. The number of nitrogens with one attached hydrogen (secondary N) is 1. The quantitative estimate of drug-likeness (QED) is 0.797. The molecule has 0 radical (unpaired) electrons. The molecule has 1 aromatic heterocycles. The van der Waals surface area contributed by atoms with Crippen LogP contribution in [0.25, 0.3) is 0 Å². The molecule has 0 saturated heterocycles. The fraction of sp³-hybridized carbons (Fsp3) is 0.750. The number of nitrogens with zero attached hydrogens (tertiary/aromatic N) is 2. The van der Waals surface area contributed by atoms with Crippen LogP contribution in [0.1, 0.15) is 31.5 Å². The summed E-state index contributed by atoms with van der Waals surface area (Å²) in [5, 5.41) is 3.33. The molecule has 0 bridgehead atoms. The van der Waals surface area contributed by atoms with E-state index in [9.17, 15) is 0 Å². The summed E-state index contributed by atoms with van der Waals surface area (Å²) in [6, 6.07) is 0. The summed E-state index contributed by atoms with van der Waals surface area (Å²) in [6.45, 7) is 1.16. The molecule has 0 atom stereocenters. The van der Waals surface area contributed by atoms with Gasteiger partial charge in [-0.3, -0.25) is 0 Å². The molecule has 84 valence electrons. The van der Waals surface area contributed by atoms with Crippen LogP contribution in [0.5, 0.6) is 0 Å². The third-order valence-electron chi connectivity index (χ3n) is 3.77. The standard InChI is InChI=1S/C12H21N3/c1-13-10-12(5-3-6-12)7-4-11-14-8-9-15(11)2/h8-9,13H,3-7,10H2,1-2H3. The van der Waals surface area contributed by atoms with Crippen molar-refractivity contribution in [3.8, 4) is 0 Å². The lowest BCUT2D eigenvalue weighted by Crippen LogP contribution is -2.39. The van der Waals surface area contributed by atoms with Crippen LogP contribution in [0.3, 0.4) is 0 Å². The number of hydrogen-bond acceptors (Lipinski definition) is 2. The van der Waals surface area contributed by atoms with E-state index in [1.807, 2.05) is 12.4 Å². The maximum absolute atomic E-state index is 4.38. The molecule has 3 heteroatoms. The highest BCUT2D eigenvalue weighted by atomic mass is 15.0. The van der Waals surface area contributed by atoms with Crippen LogP contribution in [0, 0.1) is 5.41 Å². The van der Waals surface area contributed by atoms with Crippen LogP contribution in [0.4, 0.5) is 0 Å². The third kappa shape index (κ3) is 2.23. The van der Waals surface area contributed by atoms with Crippen molar-refractivity contribution in [2.75, 3.05) is 13.6 Å². The van der Waals surface area contributed by atoms with E-state index in [2.05, 4.69) is 29.0 Å². The van der Waals surface area contributed by atoms with Crippen LogP contribution in [-0.4, -0.2) is 23.1 Å². The molecular weight excluding hydrogens is 186 g/mol. The second-order valence-corrected chi connectivity index (χ2v) is 4.84. The topological polar surface area (TPSA) is 29.9 Å². The molecular formula is C12H21N3. The van der Waals surface area contributed by atoms with E-state index in [1.165, 1.54) is 31.5 Å². The molecule has 0 aliphatic heterocycles. The summed E-state index contributed by atoms with van der Waals surface area (Å²) in [4.78, 5) is 4.38. The highest BCUT2D eigenvalue weighted by Crippen LogP contribution is 2.43. The fourth-order valence-corrected chi connectivity index (χ4v) is 2.58. The Morgan fingerprint density at radius 1 is 1.53 bits per heavy atom. The molecule has 1 aliphatic carbocycles. The van der Waals surface area contributed by atoms with E-state index >= 15 is 0 Å². The van der Waals surface area contributed by atoms with Gasteiger partial charge in [0, 0.05) is 32.4 Å². The lowest BCUT2D eigenvalue weighted by Gasteiger charge is -2.42. The molecule has 15 heavy (non-hydrogen) atoms. The third-order valence-corrected chi connectivity index (χ3v) is 3.77. The first-order chi connectivity index (χ1) is 7.26. The molecule has 1 fully saturated rings. The summed E-state index contributed by atoms with van der Waals surface area (Å²) < 4.78 is 2.13. The average Bonchev–Trinajstić information content (AvgIpc) is 2.56. The van der Waals surface area contributed by atoms with Crippen molar-refractivity contribution in [1.29, 1.82) is 0 Å². The van der Waals surface area contributed by atoms with Crippen molar-refractivity contribution in [1.82, 2.24) is 14.9 Å². The Balaban J connectivity index is 1.89. The number of aromatic nitrogens is 2. The van der Waals surface area contributed by atoms with Crippen molar-refractivity contribution in [2.45, 2.75) is 32.1 Å². The molecule has 1 aliphatic rings. The first-order valence-corrected chi connectivity index (χ1v) is 5.87. The second kappa shape index (κ2) is 4.35. The Kier molecular flexibility index (Phi) is 3.10. The van der Waals surface area contributed by atoms with E-state index in [1.54, 1.807) is 0 Å². The Morgan fingerprint density at radius 3 is 2.80 bits per heavy atom. The predicted molar refractivity (Wildman–Crippen MR) is 61.7 cm³/mol. The van der Waals surface area contributed by atoms with Gasteiger partial charge in [-0.1, -0.05) is 6.42 Å². The summed E-state index contributed by atoms with van der Waals surface area (Å²) in [5.74, 6) is 1.22. The maximum Gasteiger partial charge on any atom is 0.108 e. The highest BCUT2D eigenvalue weighted by molar-refractivity contribution is 4.96. The number of rotatable bonds is 5. The average molecular weight is 207 g/mol. The van der Waals surface area contributed by atoms with Gasteiger partial charge in [-0.25, -0.2) is 4.98 Å². The van der Waals surface area contributed by atoms with Crippen LogP contribution in [0.2, 0.25) is 0 Å². The number of hydrogen-bond donors (Lipinski definition) is 1. The molecule has 0 unspecified atom stereocenters. The van der Waals surface area contributed by atoms with Crippen molar-refractivity contribution < 1.29 is 0 Å². The van der Waals surface area contributed by atoms with E-state index in [-0.39, 0.29) is 0 Å². The molecule has 1 heterocycles. The van der Waals surface area contributed by atoms with Crippen LogP contribution >= 0.6 is 0 Å². The van der Waals surface area contributed by atoms with E-state index < -0.39 is 0 Å². The van der Waals surface area contributed by atoms with E-state index in [4.69, 9.17) is 0 Å². The molecule has 0 amide bonds. The minimum Gasteiger partial charge on any atom is -0.338 e. The van der Waals surface area contributed by atoms with Gasteiger partial charge in [0.2, 0.25) is 0 Å². The van der Waals surface area contributed by atoms with Gasteiger partial charge in [-0.15, -0.1) is 0 Å². The molecule has 2 rings (SSSR count). The minimum atomic E-state index is 0.570. The smallest absolute Gasteiger partial charge is 0.108 e. The molecule has 1 aromatic rings. The van der Waals surface area contributed by atoms with Gasteiger partial charge in [0.25, 0.3) is 0 Å². The summed E-state index contributed by atoms with van der Waals surface area (Å²) in [5.41, 5.74) is 0.570. The number of aryl methyl sites for hydroxylation is 2. The predicted octanol–water partition coefficient (Wildman–Crippen LogP) is 1.74. The summed E-state index contributed by atoms with van der Waals surface area (Å²) >= 11 is 0. The van der Waals surface area contributed by atoms with Gasteiger partial charge in [0.15, 0.2) is 0 Å². The summed E-state index contributed by atoms with van der Waals surface area (Å²) in [6.07, 6.45) is 10.5. The largest absolute Gasteiger partial charge is 0.338 e. The zero-order valence-electron chi connectivity index (χ0n) is 9.79. The van der Waals surface area contributed by atoms with Gasteiger partial charge in [0.05, 0.1) is 0 Å². The Labute approximate surface area is 91.9 Å². The van der Waals surface area contributed by atoms with Gasteiger partial charge < -0.3 is 9.88 Å². The van der Waals surface area contributed by atoms with Crippen LogP contribution < -0.4 is 5.32 Å². The van der Waals surface area contributed by atoms with Crippen molar-refractivity contribution >= 4 is 0 Å². The Hall–Kier alpha value is -0.830. The molecule has 1 saturated carbocycles. The maximum atomic E-state index is 4.38. The lowest BCUT2D eigenvalue weighted by atomic mass is 9.66. The van der Waals surface area contributed by atoms with Gasteiger partial charge in [-0.05, 0) is 31.7 Å². The minimum absolute atomic E-state index is 0.570. The molecule has 3 nitrogen and oxygen atoms in total. The fourth-order valence-electron chi connectivity index (χ4n) is 2.58. The van der Waals surface area contributed by atoms with E-state index in [0.29, 0.717) is 5.41 Å². The Bertz CT molecular complexity index is 312. The summed E-state index contributed by atoms with van der Waals surface area (Å²) in [7, 11) is 4.13. The van der Waals surface area contributed by atoms with Crippen molar-refractivity contribution in [3.63, 3.8) is 0 Å². The first kappa shape index (κ1) is 10.7. The highest BCUT2D eigenvalue weighted by Gasteiger charge is 2.35. The van der Waals surface area contributed by atoms with Crippen molar-refractivity contribution in [3.05, 3.63) is 18.2 Å². The van der Waals surface area contributed by atoms with Crippen molar-refractivity contribution in [2.24, 2.45) is 12.5 Å². The molecule has 0 aromatic carbocycles.